The van der Waals surface area contributed by atoms with E-state index in [1.54, 1.807) is 6.26 Å². The van der Waals surface area contributed by atoms with Crippen LogP contribution < -0.4 is 0 Å². The second-order valence-corrected chi connectivity index (χ2v) is 5.60. The zero-order valence-corrected chi connectivity index (χ0v) is 12.0. The first kappa shape index (κ1) is 13.4. The number of nitrogens with one attached hydrogen (secondary N) is 1. The van der Waals surface area contributed by atoms with Crippen molar-refractivity contribution in [2.24, 2.45) is 0 Å². The standard InChI is InChI=1S/C15H22N4O/c1-12-16-15(18-17-12)13-5-2-8-19(11-13)9-3-6-14-7-4-10-20-14/h4,7,10,13H,2-3,5-6,8-9,11H2,1H3,(H,16,17,18). The highest BCUT2D eigenvalue weighted by atomic mass is 16.3. The smallest absolute Gasteiger partial charge is 0.155 e. The van der Waals surface area contributed by atoms with Gasteiger partial charge >= 0.3 is 0 Å². The Balaban J connectivity index is 1.48. The molecule has 3 heterocycles. The van der Waals surface area contributed by atoms with Crippen LogP contribution >= 0.6 is 0 Å². The molecule has 1 atom stereocenters. The SMILES string of the molecule is Cc1nc(C2CCCN(CCCc3ccco3)C2)n[nH]1. The van der Waals surface area contributed by atoms with Crippen molar-refractivity contribution in [2.45, 2.75) is 38.5 Å². The van der Waals surface area contributed by atoms with E-state index in [1.165, 1.54) is 19.4 Å². The molecular formula is C15H22N4O. The third-order valence-corrected chi connectivity index (χ3v) is 3.96. The van der Waals surface area contributed by atoms with Gasteiger partial charge in [-0.2, -0.15) is 5.10 Å². The van der Waals surface area contributed by atoms with Crippen LogP contribution in [0.3, 0.4) is 0 Å². The van der Waals surface area contributed by atoms with E-state index < -0.39 is 0 Å². The summed E-state index contributed by atoms with van der Waals surface area (Å²) in [6.07, 6.45) is 6.35. The molecule has 0 bridgehead atoms. The predicted molar refractivity (Wildman–Crippen MR) is 76.6 cm³/mol. The summed E-state index contributed by atoms with van der Waals surface area (Å²) >= 11 is 0. The van der Waals surface area contributed by atoms with Gasteiger partial charge < -0.3 is 9.32 Å². The summed E-state index contributed by atoms with van der Waals surface area (Å²) in [5, 5.41) is 7.27. The number of H-pyrrole nitrogens is 1. The fourth-order valence-corrected chi connectivity index (χ4v) is 2.94. The van der Waals surface area contributed by atoms with Crippen LogP contribution in [0.4, 0.5) is 0 Å². The normalized spacial score (nSPS) is 20.4. The van der Waals surface area contributed by atoms with Gasteiger partial charge in [0.2, 0.25) is 0 Å². The third kappa shape index (κ3) is 3.28. The van der Waals surface area contributed by atoms with Gasteiger partial charge in [-0.1, -0.05) is 0 Å². The van der Waals surface area contributed by atoms with Crippen molar-refractivity contribution in [3.8, 4) is 0 Å². The second-order valence-electron chi connectivity index (χ2n) is 5.60. The van der Waals surface area contributed by atoms with Gasteiger partial charge in [-0.15, -0.1) is 0 Å². The van der Waals surface area contributed by atoms with Gasteiger partial charge in [0.05, 0.1) is 6.26 Å². The molecule has 1 aliphatic rings. The molecule has 1 N–H and O–H groups in total. The Hall–Kier alpha value is -1.62. The maximum absolute atomic E-state index is 5.37. The number of furan rings is 1. The van der Waals surface area contributed by atoms with Gasteiger partial charge in [0.15, 0.2) is 5.82 Å². The molecule has 0 radical (unpaired) electrons. The number of hydrogen-bond donors (Lipinski definition) is 1. The maximum Gasteiger partial charge on any atom is 0.155 e. The molecule has 5 nitrogen and oxygen atoms in total. The lowest BCUT2D eigenvalue weighted by Gasteiger charge is -2.31. The molecule has 2 aromatic heterocycles. The van der Waals surface area contributed by atoms with Gasteiger partial charge in [0.25, 0.3) is 0 Å². The first-order valence-electron chi connectivity index (χ1n) is 7.45. The van der Waals surface area contributed by atoms with Crippen LogP contribution in [0.25, 0.3) is 0 Å². The van der Waals surface area contributed by atoms with Crippen LogP contribution in [0.1, 0.15) is 42.6 Å². The van der Waals surface area contributed by atoms with E-state index in [9.17, 15) is 0 Å². The van der Waals surface area contributed by atoms with Crippen LogP contribution in [-0.4, -0.2) is 39.7 Å². The van der Waals surface area contributed by atoms with Gasteiger partial charge in [0, 0.05) is 18.9 Å². The number of piperidine rings is 1. The summed E-state index contributed by atoms with van der Waals surface area (Å²) in [5.41, 5.74) is 0. The molecule has 1 unspecified atom stereocenters. The van der Waals surface area contributed by atoms with E-state index in [0.29, 0.717) is 5.92 Å². The molecular weight excluding hydrogens is 252 g/mol. The molecule has 0 aliphatic carbocycles. The third-order valence-electron chi connectivity index (χ3n) is 3.96. The van der Waals surface area contributed by atoms with Crippen LogP contribution in [0, 0.1) is 6.92 Å². The molecule has 1 aliphatic heterocycles. The molecule has 0 saturated carbocycles. The molecule has 3 rings (SSSR count). The minimum atomic E-state index is 0.484. The first-order valence-corrected chi connectivity index (χ1v) is 7.45. The van der Waals surface area contributed by atoms with Crippen molar-refractivity contribution in [2.75, 3.05) is 19.6 Å². The lowest BCUT2D eigenvalue weighted by atomic mass is 9.97. The van der Waals surface area contributed by atoms with Crippen molar-refractivity contribution in [3.63, 3.8) is 0 Å². The summed E-state index contributed by atoms with van der Waals surface area (Å²) in [4.78, 5) is 7.01. The highest BCUT2D eigenvalue weighted by Crippen LogP contribution is 2.24. The average molecular weight is 274 g/mol. The molecule has 1 fully saturated rings. The van der Waals surface area contributed by atoms with Gasteiger partial charge in [0.1, 0.15) is 11.6 Å². The van der Waals surface area contributed by atoms with Crippen molar-refractivity contribution >= 4 is 0 Å². The van der Waals surface area contributed by atoms with E-state index in [1.807, 2.05) is 13.0 Å². The quantitative estimate of drug-likeness (QED) is 0.910. The molecule has 108 valence electrons. The summed E-state index contributed by atoms with van der Waals surface area (Å²) in [5.74, 6) is 3.47. The number of aromatic amines is 1. The van der Waals surface area contributed by atoms with E-state index >= 15 is 0 Å². The summed E-state index contributed by atoms with van der Waals surface area (Å²) in [7, 11) is 0. The summed E-state index contributed by atoms with van der Waals surface area (Å²) in [6, 6.07) is 4.01. The average Bonchev–Trinajstić information content (AvgIpc) is 3.11. The highest BCUT2D eigenvalue weighted by Gasteiger charge is 2.23. The Bertz CT molecular complexity index is 520. The zero-order chi connectivity index (χ0) is 13.8. The Morgan fingerprint density at radius 2 is 2.45 bits per heavy atom. The van der Waals surface area contributed by atoms with Gasteiger partial charge in [-0.25, -0.2) is 4.98 Å². The topological polar surface area (TPSA) is 58.0 Å². The Labute approximate surface area is 119 Å². The highest BCUT2D eigenvalue weighted by molar-refractivity contribution is 5.00. The first-order chi connectivity index (χ1) is 9.81. The number of rotatable bonds is 5. The van der Waals surface area contributed by atoms with Crippen molar-refractivity contribution < 1.29 is 4.42 Å². The fourth-order valence-electron chi connectivity index (χ4n) is 2.94. The second kappa shape index (κ2) is 6.22. The Morgan fingerprint density at radius 1 is 1.50 bits per heavy atom. The van der Waals surface area contributed by atoms with E-state index in [4.69, 9.17) is 4.42 Å². The summed E-state index contributed by atoms with van der Waals surface area (Å²) in [6.45, 7) is 5.36. The van der Waals surface area contributed by atoms with Gasteiger partial charge in [-0.3, -0.25) is 5.10 Å². The number of aryl methyl sites for hydroxylation is 2. The molecule has 2 aromatic rings. The molecule has 20 heavy (non-hydrogen) atoms. The molecule has 0 aromatic carbocycles. The van der Waals surface area contributed by atoms with E-state index in [-0.39, 0.29) is 0 Å². The molecule has 1 saturated heterocycles. The van der Waals surface area contributed by atoms with Crippen LogP contribution in [0.2, 0.25) is 0 Å². The number of aromatic nitrogens is 3. The van der Waals surface area contributed by atoms with Crippen molar-refractivity contribution in [1.29, 1.82) is 0 Å². The molecule has 0 amide bonds. The van der Waals surface area contributed by atoms with Gasteiger partial charge in [-0.05, 0) is 51.4 Å². The number of likely N-dealkylation sites (tertiary alicyclic amines) is 1. The maximum atomic E-state index is 5.37. The van der Waals surface area contributed by atoms with Crippen LogP contribution in [-0.2, 0) is 6.42 Å². The lowest BCUT2D eigenvalue weighted by Crippen LogP contribution is -2.35. The molecule has 5 heteroatoms. The lowest BCUT2D eigenvalue weighted by molar-refractivity contribution is 0.201. The van der Waals surface area contributed by atoms with E-state index in [2.05, 4.69) is 26.1 Å². The zero-order valence-electron chi connectivity index (χ0n) is 12.0. The van der Waals surface area contributed by atoms with Crippen LogP contribution in [0.5, 0.6) is 0 Å². The monoisotopic (exact) mass is 274 g/mol. The predicted octanol–water partition coefficient (Wildman–Crippen LogP) is 2.52. The largest absolute Gasteiger partial charge is 0.469 e. The molecule has 0 spiro atoms. The van der Waals surface area contributed by atoms with Crippen LogP contribution in [0.15, 0.2) is 22.8 Å². The summed E-state index contributed by atoms with van der Waals surface area (Å²) < 4.78 is 5.37. The number of hydrogen-bond acceptors (Lipinski definition) is 4. The number of nitrogens with zero attached hydrogens (tertiary/aromatic N) is 3. The van der Waals surface area contributed by atoms with Crippen molar-refractivity contribution in [1.82, 2.24) is 20.1 Å². The Morgan fingerprint density at radius 3 is 3.20 bits per heavy atom. The minimum absolute atomic E-state index is 0.484. The van der Waals surface area contributed by atoms with Crippen molar-refractivity contribution in [3.05, 3.63) is 35.8 Å². The minimum Gasteiger partial charge on any atom is -0.469 e. The van der Waals surface area contributed by atoms with E-state index in [0.717, 1.165) is 43.3 Å². The Kier molecular flexibility index (Phi) is 4.16. The fraction of sp³-hybridized carbons (Fsp3) is 0.600.